The summed E-state index contributed by atoms with van der Waals surface area (Å²) >= 11 is 6.00. The van der Waals surface area contributed by atoms with E-state index in [1.807, 2.05) is 30.3 Å². The predicted molar refractivity (Wildman–Crippen MR) is 76.1 cm³/mol. The predicted octanol–water partition coefficient (Wildman–Crippen LogP) is 3.29. The number of anilines is 1. The molecule has 3 rings (SSSR count). The third-order valence-corrected chi connectivity index (χ3v) is 3.05. The van der Waals surface area contributed by atoms with Gasteiger partial charge in [-0.2, -0.15) is 0 Å². The topological polar surface area (TPSA) is 50.7 Å². The summed E-state index contributed by atoms with van der Waals surface area (Å²) in [6, 6.07) is 15.6. The van der Waals surface area contributed by atoms with Crippen molar-refractivity contribution in [3.63, 3.8) is 0 Å². The lowest BCUT2D eigenvalue weighted by Gasteiger charge is -2.07. The minimum atomic E-state index is 0.657. The number of aromatic nitrogens is 3. The number of benzene rings is 2. The van der Waals surface area contributed by atoms with E-state index in [9.17, 15) is 0 Å². The number of hydrogen-bond acceptors (Lipinski definition) is 4. The Kier molecular flexibility index (Phi) is 3.25. The molecule has 0 spiro atoms. The number of fused-ring (bicyclic) bond motifs is 1. The van der Waals surface area contributed by atoms with E-state index in [4.69, 9.17) is 11.6 Å². The van der Waals surface area contributed by atoms with E-state index in [0.29, 0.717) is 17.4 Å². The van der Waals surface area contributed by atoms with Gasteiger partial charge in [0.2, 0.25) is 0 Å². The monoisotopic (exact) mass is 270 g/mol. The lowest BCUT2D eigenvalue weighted by atomic mass is 10.2. The fraction of sp³-hybridized carbons (Fsp3) is 0.0714. The Morgan fingerprint density at radius 2 is 1.84 bits per heavy atom. The van der Waals surface area contributed by atoms with Gasteiger partial charge in [0.1, 0.15) is 0 Å². The lowest BCUT2D eigenvalue weighted by Crippen LogP contribution is -2.04. The van der Waals surface area contributed by atoms with Gasteiger partial charge >= 0.3 is 0 Å². The Morgan fingerprint density at radius 3 is 2.68 bits per heavy atom. The molecule has 0 saturated heterocycles. The maximum atomic E-state index is 6.00. The summed E-state index contributed by atoms with van der Waals surface area (Å²) in [6.45, 7) is 0.682. The smallest absolute Gasteiger partial charge is 0.160 e. The average molecular weight is 271 g/mol. The molecule has 0 fully saturated rings. The first-order valence-electron chi connectivity index (χ1n) is 5.89. The summed E-state index contributed by atoms with van der Waals surface area (Å²) in [6.07, 6.45) is 0. The van der Waals surface area contributed by atoms with Gasteiger partial charge in [0.25, 0.3) is 0 Å². The Morgan fingerprint density at radius 1 is 1.00 bits per heavy atom. The molecule has 0 amide bonds. The molecule has 0 atom stereocenters. The second-order valence-electron chi connectivity index (χ2n) is 4.14. The van der Waals surface area contributed by atoms with E-state index in [1.165, 1.54) is 5.56 Å². The van der Waals surface area contributed by atoms with Crippen LogP contribution in [0.1, 0.15) is 5.56 Å². The summed E-state index contributed by atoms with van der Waals surface area (Å²) in [5.74, 6) is 0.691. The largest absolute Gasteiger partial charge is 0.364 e. The maximum Gasteiger partial charge on any atom is 0.160 e. The molecule has 3 aromatic rings. The Labute approximate surface area is 115 Å². The van der Waals surface area contributed by atoms with Crippen molar-refractivity contribution < 1.29 is 0 Å². The van der Waals surface area contributed by atoms with Crippen molar-refractivity contribution in [3.05, 3.63) is 59.1 Å². The van der Waals surface area contributed by atoms with Crippen LogP contribution in [0.25, 0.3) is 10.9 Å². The van der Waals surface area contributed by atoms with Crippen molar-refractivity contribution in [1.29, 1.82) is 0 Å². The number of nitrogens with zero attached hydrogens (tertiary/aromatic N) is 3. The van der Waals surface area contributed by atoms with Crippen LogP contribution in [0.2, 0.25) is 5.02 Å². The molecule has 0 aliphatic carbocycles. The molecule has 0 bridgehead atoms. The van der Waals surface area contributed by atoms with Crippen LogP contribution in [0.5, 0.6) is 0 Å². The molecular weight excluding hydrogens is 260 g/mol. The molecule has 94 valence electrons. The van der Waals surface area contributed by atoms with Crippen LogP contribution in [0.3, 0.4) is 0 Å². The van der Waals surface area contributed by atoms with Gasteiger partial charge in [0, 0.05) is 17.0 Å². The summed E-state index contributed by atoms with van der Waals surface area (Å²) in [5.41, 5.74) is 1.95. The Balaban J connectivity index is 1.90. The van der Waals surface area contributed by atoms with Crippen molar-refractivity contribution in [1.82, 2.24) is 15.4 Å². The fourth-order valence-electron chi connectivity index (χ4n) is 1.87. The molecule has 1 heterocycles. The molecule has 19 heavy (non-hydrogen) atoms. The fourth-order valence-corrected chi connectivity index (χ4v) is 2.04. The molecule has 0 aliphatic rings. The molecule has 0 aliphatic heterocycles. The first kappa shape index (κ1) is 11.9. The third-order valence-electron chi connectivity index (χ3n) is 2.81. The quantitative estimate of drug-likeness (QED) is 0.793. The first-order valence-corrected chi connectivity index (χ1v) is 6.27. The highest BCUT2D eigenvalue weighted by Crippen LogP contribution is 2.22. The molecule has 5 heteroatoms. The summed E-state index contributed by atoms with van der Waals surface area (Å²) < 4.78 is 0. The zero-order valence-corrected chi connectivity index (χ0v) is 10.8. The van der Waals surface area contributed by atoms with Gasteiger partial charge in [-0.25, -0.2) is 0 Å². The molecule has 1 aromatic heterocycles. The molecule has 0 radical (unpaired) electrons. The van der Waals surface area contributed by atoms with Crippen LogP contribution in [0.4, 0.5) is 5.82 Å². The van der Waals surface area contributed by atoms with E-state index in [1.54, 1.807) is 6.07 Å². The van der Waals surface area contributed by atoms with Crippen molar-refractivity contribution >= 4 is 28.3 Å². The van der Waals surface area contributed by atoms with E-state index in [0.717, 1.165) is 10.9 Å². The van der Waals surface area contributed by atoms with E-state index in [-0.39, 0.29) is 0 Å². The Bertz CT molecular complexity index is 700. The van der Waals surface area contributed by atoms with Gasteiger partial charge < -0.3 is 5.32 Å². The van der Waals surface area contributed by atoms with Gasteiger partial charge in [-0.05, 0) is 29.0 Å². The van der Waals surface area contributed by atoms with E-state index < -0.39 is 0 Å². The second kappa shape index (κ2) is 5.20. The number of halogens is 1. The third kappa shape index (κ3) is 2.63. The highest BCUT2D eigenvalue weighted by molar-refractivity contribution is 6.31. The zero-order chi connectivity index (χ0) is 13.1. The van der Waals surface area contributed by atoms with Crippen LogP contribution < -0.4 is 5.32 Å². The van der Waals surface area contributed by atoms with Crippen molar-refractivity contribution in [2.45, 2.75) is 6.54 Å². The highest BCUT2D eigenvalue weighted by atomic mass is 35.5. The number of nitrogens with one attached hydrogen (secondary N) is 1. The second-order valence-corrected chi connectivity index (χ2v) is 4.58. The molecule has 2 aromatic carbocycles. The van der Waals surface area contributed by atoms with E-state index in [2.05, 4.69) is 32.9 Å². The molecule has 4 nitrogen and oxygen atoms in total. The molecule has 1 N–H and O–H groups in total. The standard InChI is InChI=1S/C14H11ClN4/c15-11-6-7-13-12(8-11)14(18-19-17-13)16-9-10-4-2-1-3-5-10/h1-8H,9H2,(H,16,17,18). The minimum Gasteiger partial charge on any atom is -0.364 e. The number of rotatable bonds is 3. The van der Waals surface area contributed by atoms with Gasteiger partial charge in [-0.3, -0.25) is 0 Å². The van der Waals surface area contributed by atoms with Crippen molar-refractivity contribution in [2.24, 2.45) is 0 Å². The van der Waals surface area contributed by atoms with Crippen LogP contribution in [0, 0.1) is 0 Å². The normalized spacial score (nSPS) is 10.6. The molecular formula is C14H11ClN4. The van der Waals surface area contributed by atoms with Crippen molar-refractivity contribution in [3.8, 4) is 0 Å². The Hall–Kier alpha value is -2.20. The van der Waals surface area contributed by atoms with Crippen LogP contribution in [-0.4, -0.2) is 15.4 Å². The average Bonchev–Trinajstić information content (AvgIpc) is 2.46. The van der Waals surface area contributed by atoms with Crippen LogP contribution in [-0.2, 0) is 6.54 Å². The maximum absolute atomic E-state index is 6.00. The highest BCUT2D eigenvalue weighted by Gasteiger charge is 2.05. The number of hydrogen-bond donors (Lipinski definition) is 1. The molecule has 0 unspecified atom stereocenters. The summed E-state index contributed by atoms with van der Waals surface area (Å²) in [5, 5.41) is 16.5. The SMILES string of the molecule is Clc1ccc2nnnc(NCc3ccccc3)c2c1. The summed E-state index contributed by atoms with van der Waals surface area (Å²) in [4.78, 5) is 0. The van der Waals surface area contributed by atoms with E-state index >= 15 is 0 Å². The zero-order valence-electron chi connectivity index (χ0n) is 10.0. The molecule has 0 saturated carbocycles. The minimum absolute atomic E-state index is 0.657. The van der Waals surface area contributed by atoms with Crippen molar-refractivity contribution in [2.75, 3.05) is 5.32 Å². The lowest BCUT2D eigenvalue weighted by molar-refractivity contribution is 0.890. The van der Waals surface area contributed by atoms with Gasteiger partial charge in [0.05, 0.1) is 5.52 Å². The van der Waals surface area contributed by atoms with Gasteiger partial charge in [-0.1, -0.05) is 41.9 Å². The first-order chi connectivity index (χ1) is 9.33. The van der Waals surface area contributed by atoms with Gasteiger partial charge in [0.15, 0.2) is 5.82 Å². The van der Waals surface area contributed by atoms with Crippen LogP contribution >= 0.6 is 11.6 Å². The van der Waals surface area contributed by atoms with Crippen LogP contribution in [0.15, 0.2) is 48.5 Å². The van der Waals surface area contributed by atoms with Gasteiger partial charge in [-0.15, -0.1) is 10.2 Å². The summed E-state index contributed by atoms with van der Waals surface area (Å²) in [7, 11) is 0.